The van der Waals surface area contributed by atoms with Crippen LogP contribution in [0.2, 0.25) is 0 Å². The number of nitrogens with zero attached hydrogens (tertiary/aromatic N) is 1. The van der Waals surface area contributed by atoms with E-state index in [9.17, 15) is 10.1 Å². The van der Waals surface area contributed by atoms with Crippen LogP contribution >= 0.6 is 0 Å². The standard InChI is InChI=1S/C9H10N2O2/c10-9(11(12)13)7-6-8-4-2-1-3-5-8/h1-7,9H,10H2. The maximum Gasteiger partial charge on any atom is 0.282 e. The summed E-state index contributed by atoms with van der Waals surface area (Å²) < 4.78 is 0. The van der Waals surface area contributed by atoms with Gasteiger partial charge in [-0.15, -0.1) is 0 Å². The highest BCUT2D eigenvalue weighted by atomic mass is 16.6. The Bertz CT molecular complexity index is 309. The van der Waals surface area contributed by atoms with Crippen LogP contribution in [0.3, 0.4) is 0 Å². The number of nitro groups is 1. The Kier molecular flexibility index (Phi) is 3.16. The van der Waals surface area contributed by atoms with Gasteiger partial charge in [-0.25, -0.2) is 0 Å². The zero-order valence-electron chi connectivity index (χ0n) is 6.96. The second-order valence-electron chi connectivity index (χ2n) is 2.55. The molecule has 0 saturated heterocycles. The first-order valence-corrected chi connectivity index (χ1v) is 3.82. The van der Waals surface area contributed by atoms with E-state index < -0.39 is 11.1 Å². The third-order valence-corrected chi connectivity index (χ3v) is 1.53. The van der Waals surface area contributed by atoms with Gasteiger partial charge in [-0.05, 0) is 5.56 Å². The van der Waals surface area contributed by atoms with Crippen LogP contribution in [-0.2, 0) is 0 Å². The SMILES string of the molecule is NC(C=Cc1ccccc1)[N+](=O)[O-]. The molecule has 0 saturated carbocycles. The van der Waals surface area contributed by atoms with Gasteiger partial charge in [0.25, 0.3) is 6.17 Å². The van der Waals surface area contributed by atoms with E-state index in [-0.39, 0.29) is 0 Å². The third kappa shape index (κ3) is 3.04. The molecule has 1 aromatic carbocycles. The van der Waals surface area contributed by atoms with Gasteiger partial charge in [0.15, 0.2) is 0 Å². The topological polar surface area (TPSA) is 69.2 Å². The molecule has 0 aromatic heterocycles. The molecule has 0 aliphatic heterocycles. The van der Waals surface area contributed by atoms with Crippen molar-refractivity contribution < 1.29 is 4.92 Å². The van der Waals surface area contributed by atoms with Gasteiger partial charge < -0.3 is 0 Å². The molecule has 68 valence electrons. The highest BCUT2D eigenvalue weighted by Crippen LogP contribution is 2.01. The van der Waals surface area contributed by atoms with Gasteiger partial charge >= 0.3 is 0 Å². The maximum atomic E-state index is 10.1. The lowest BCUT2D eigenvalue weighted by atomic mass is 10.2. The minimum absolute atomic E-state index is 0.542. The lowest BCUT2D eigenvalue weighted by molar-refractivity contribution is -0.507. The monoisotopic (exact) mass is 178 g/mol. The van der Waals surface area contributed by atoms with Crippen LogP contribution in [0.4, 0.5) is 0 Å². The number of benzene rings is 1. The zero-order valence-corrected chi connectivity index (χ0v) is 6.96. The van der Waals surface area contributed by atoms with Gasteiger partial charge in [0.05, 0.1) is 0 Å². The molecular formula is C9H10N2O2. The summed E-state index contributed by atoms with van der Waals surface area (Å²) in [6.07, 6.45) is 1.86. The zero-order chi connectivity index (χ0) is 9.68. The van der Waals surface area contributed by atoms with Crippen LogP contribution in [0.15, 0.2) is 36.4 Å². The Morgan fingerprint density at radius 3 is 2.54 bits per heavy atom. The van der Waals surface area contributed by atoms with Crippen molar-refractivity contribution in [3.05, 3.63) is 52.1 Å². The first-order valence-electron chi connectivity index (χ1n) is 3.82. The van der Waals surface area contributed by atoms with E-state index in [0.29, 0.717) is 0 Å². The first kappa shape index (κ1) is 9.41. The fourth-order valence-electron chi connectivity index (χ4n) is 0.844. The Hall–Kier alpha value is -1.68. The van der Waals surface area contributed by atoms with Crippen LogP contribution in [0.1, 0.15) is 5.56 Å². The highest BCUT2D eigenvalue weighted by molar-refractivity contribution is 5.48. The predicted octanol–water partition coefficient (Wildman–Crippen LogP) is 1.26. The van der Waals surface area contributed by atoms with Crippen molar-refractivity contribution in [3.63, 3.8) is 0 Å². The lowest BCUT2D eigenvalue weighted by Gasteiger charge is -1.95. The quantitative estimate of drug-likeness (QED) is 0.430. The molecule has 0 heterocycles. The van der Waals surface area contributed by atoms with E-state index in [0.717, 1.165) is 5.56 Å². The van der Waals surface area contributed by atoms with Crippen molar-refractivity contribution in [2.24, 2.45) is 5.73 Å². The predicted molar refractivity (Wildman–Crippen MR) is 50.4 cm³/mol. The summed E-state index contributed by atoms with van der Waals surface area (Å²) in [5.74, 6) is 0. The molecule has 2 N–H and O–H groups in total. The summed E-state index contributed by atoms with van der Waals surface area (Å²) >= 11 is 0. The molecule has 1 aromatic rings. The van der Waals surface area contributed by atoms with E-state index in [1.807, 2.05) is 30.3 Å². The molecule has 4 heteroatoms. The van der Waals surface area contributed by atoms with Crippen LogP contribution in [0.25, 0.3) is 6.08 Å². The van der Waals surface area contributed by atoms with Gasteiger partial charge in [-0.3, -0.25) is 15.8 Å². The molecule has 0 radical (unpaired) electrons. The average molecular weight is 178 g/mol. The van der Waals surface area contributed by atoms with Crippen LogP contribution in [-0.4, -0.2) is 11.1 Å². The number of rotatable bonds is 3. The van der Waals surface area contributed by atoms with Gasteiger partial charge in [-0.2, -0.15) is 0 Å². The lowest BCUT2D eigenvalue weighted by Crippen LogP contribution is -2.26. The molecule has 1 atom stereocenters. The minimum Gasteiger partial charge on any atom is -0.265 e. The Labute approximate surface area is 75.8 Å². The summed E-state index contributed by atoms with van der Waals surface area (Å²) in [4.78, 5) is 9.61. The molecule has 0 fully saturated rings. The fraction of sp³-hybridized carbons (Fsp3) is 0.111. The van der Waals surface area contributed by atoms with Gasteiger partial charge in [0, 0.05) is 11.0 Å². The number of hydrogen-bond acceptors (Lipinski definition) is 3. The molecule has 1 unspecified atom stereocenters. The van der Waals surface area contributed by atoms with Gasteiger partial charge in [-0.1, -0.05) is 36.4 Å². The molecule has 0 bridgehead atoms. The van der Waals surface area contributed by atoms with Crippen LogP contribution in [0, 0.1) is 10.1 Å². The van der Waals surface area contributed by atoms with E-state index in [2.05, 4.69) is 0 Å². The van der Waals surface area contributed by atoms with Crippen molar-refractivity contribution in [1.82, 2.24) is 0 Å². The normalized spacial score (nSPS) is 13.0. The Morgan fingerprint density at radius 2 is 2.00 bits per heavy atom. The minimum atomic E-state index is -1.12. The average Bonchev–Trinajstić information content (AvgIpc) is 2.15. The second-order valence-corrected chi connectivity index (χ2v) is 2.55. The molecule has 0 aliphatic rings. The van der Waals surface area contributed by atoms with Crippen molar-refractivity contribution in [2.45, 2.75) is 6.17 Å². The van der Waals surface area contributed by atoms with E-state index in [1.165, 1.54) is 6.08 Å². The van der Waals surface area contributed by atoms with E-state index in [1.54, 1.807) is 6.08 Å². The number of hydrogen-bond donors (Lipinski definition) is 1. The molecule has 0 spiro atoms. The molecule has 0 amide bonds. The molecule has 1 rings (SSSR count). The van der Waals surface area contributed by atoms with Crippen LogP contribution < -0.4 is 5.73 Å². The summed E-state index contributed by atoms with van der Waals surface area (Å²) in [5.41, 5.74) is 6.08. The largest absolute Gasteiger partial charge is 0.282 e. The van der Waals surface area contributed by atoms with Crippen molar-refractivity contribution in [1.29, 1.82) is 0 Å². The maximum absolute atomic E-state index is 10.1. The van der Waals surface area contributed by atoms with Crippen LogP contribution in [0.5, 0.6) is 0 Å². The smallest absolute Gasteiger partial charge is 0.265 e. The first-order chi connectivity index (χ1) is 6.20. The Morgan fingerprint density at radius 1 is 1.38 bits per heavy atom. The van der Waals surface area contributed by atoms with Crippen molar-refractivity contribution >= 4 is 6.08 Å². The summed E-state index contributed by atoms with van der Waals surface area (Å²) in [7, 11) is 0. The molecule has 13 heavy (non-hydrogen) atoms. The van der Waals surface area contributed by atoms with Crippen molar-refractivity contribution in [2.75, 3.05) is 0 Å². The van der Waals surface area contributed by atoms with E-state index in [4.69, 9.17) is 5.73 Å². The van der Waals surface area contributed by atoms with Gasteiger partial charge in [0.2, 0.25) is 0 Å². The summed E-state index contributed by atoms with van der Waals surface area (Å²) in [6, 6.07) is 9.30. The molecule has 0 aliphatic carbocycles. The Balaban J connectivity index is 2.64. The fourth-order valence-corrected chi connectivity index (χ4v) is 0.844. The number of nitrogens with two attached hydrogens (primary N) is 1. The highest BCUT2D eigenvalue weighted by Gasteiger charge is 2.06. The van der Waals surface area contributed by atoms with Crippen molar-refractivity contribution in [3.8, 4) is 0 Å². The van der Waals surface area contributed by atoms with Gasteiger partial charge in [0.1, 0.15) is 0 Å². The van der Waals surface area contributed by atoms with E-state index >= 15 is 0 Å². The summed E-state index contributed by atoms with van der Waals surface area (Å²) in [6.45, 7) is 0. The molecule has 4 nitrogen and oxygen atoms in total. The summed E-state index contributed by atoms with van der Waals surface area (Å²) in [5, 5.41) is 10.1. The second kappa shape index (κ2) is 4.37. The third-order valence-electron chi connectivity index (χ3n) is 1.53. The molecular weight excluding hydrogens is 168 g/mol.